The van der Waals surface area contributed by atoms with Crippen molar-refractivity contribution in [2.45, 2.75) is 25.7 Å². The first-order valence-corrected chi connectivity index (χ1v) is 6.06. The van der Waals surface area contributed by atoms with Crippen LogP contribution in [0.4, 0.5) is 0 Å². The predicted octanol–water partition coefficient (Wildman–Crippen LogP) is 3.06. The van der Waals surface area contributed by atoms with Crippen LogP contribution in [0, 0.1) is 0 Å². The Labute approximate surface area is 106 Å². The van der Waals surface area contributed by atoms with Gasteiger partial charge in [0.1, 0.15) is 11.5 Å². The molecule has 3 nitrogen and oxygen atoms in total. The van der Waals surface area contributed by atoms with Crippen molar-refractivity contribution < 1.29 is 15.0 Å². The lowest BCUT2D eigenvalue weighted by Gasteiger charge is -2.09. The van der Waals surface area contributed by atoms with Crippen LogP contribution in [-0.2, 0) is 11.2 Å². The van der Waals surface area contributed by atoms with E-state index in [1.807, 2.05) is 18.2 Å². The van der Waals surface area contributed by atoms with E-state index in [9.17, 15) is 9.90 Å². The maximum Gasteiger partial charge on any atom is 0.166 e. The molecule has 0 saturated heterocycles. The van der Waals surface area contributed by atoms with Crippen molar-refractivity contribution in [3.63, 3.8) is 0 Å². The fraction of sp³-hybridized carbons (Fsp3) is 0.267. The number of benzene rings is 1. The van der Waals surface area contributed by atoms with Gasteiger partial charge in [0.2, 0.25) is 0 Å². The van der Waals surface area contributed by atoms with Crippen molar-refractivity contribution in [2.75, 3.05) is 0 Å². The number of aliphatic hydroxyl groups excluding tert-OH is 1. The fourth-order valence-corrected chi connectivity index (χ4v) is 1.96. The zero-order chi connectivity index (χ0) is 13.0. The Morgan fingerprint density at radius 1 is 1.22 bits per heavy atom. The molecule has 94 valence electrons. The molecule has 1 aliphatic carbocycles. The van der Waals surface area contributed by atoms with Gasteiger partial charge in [0, 0.05) is 12.8 Å². The molecule has 0 saturated carbocycles. The number of Topliss-reactive ketones (excluding diaryl/α,β-unsaturated/α-hetero) is 1. The summed E-state index contributed by atoms with van der Waals surface area (Å²) in [6, 6.07) is 6.86. The fourth-order valence-electron chi connectivity index (χ4n) is 1.96. The van der Waals surface area contributed by atoms with E-state index >= 15 is 0 Å². The summed E-state index contributed by atoms with van der Waals surface area (Å²) in [6.45, 7) is 0. The quantitative estimate of drug-likeness (QED) is 0.634. The van der Waals surface area contributed by atoms with Crippen LogP contribution in [0.25, 0.3) is 0 Å². The number of aliphatic hydroxyl groups is 1. The molecule has 2 rings (SSSR count). The number of hydrogen-bond acceptors (Lipinski definition) is 3. The minimum Gasteiger partial charge on any atom is -0.512 e. The van der Waals surface area contributed by atoms with Gasteiger partial charge in [0.15, 0.2) is 5.78 Å². The van der Waals surface area contributed by atoms with Gasteiger partial charge < -0.3 is 10.2 Å². The zero-order valence-corrected chi connectivity index (χ0v) is 10.1. The van der Waals surface area contributed by atoms with E-state index in [-0.39, 0.29) is 17.3 Å². The maximum atomic E-state index is 11.6. The van der Waals surface area contributed by atoms with E-state index in [0.717, 1.165) is 12.0 Å². The van der Waals surface area contributed by atoms with Crippen LogP contribution >= 0.6 is 0 Å². The molecule has 3 heteroatoms. The normalized spacial score (nSPS) is 17.9. The van der Waals surface area contributed by atoms with Gasteiger partial charge in [-0.15, -0.1) is 0 Å². The number of carbonyl (C=O) groups is 1. The third kappa shape index (κ3) is 3.00. The van der Waals surface area contributed by atoms with Gasteiger partial charge in [-0.05, 0) is 30.5 Å². The largest absolute Gasteiger partial charge is 0.512 e. The standard InChI is InChI=1S/C15H16O3/c16-12-8-5-11(6-9-12)7-10-15(18)13-3-1-2-4-14(13)17/h1,3,5-6,8-9,16,18H,2,4,7,10H2. The number of hydrogen-bond donors (Lipinski definition) is 2. The molecule has 1 aromatic carbocycles. The molecule has 0 atom stereocenters. The highest BCUT2D eigenvalue weighted by Crippen LogP contribution is 2.19. The smallest absolute Gasteiger partial charge is 0.166 e. The summed E-state index contributed by atoms with van der Waals surface area (Å²) in [6.07, 6.45) is 5.95. The molecule has 0 aliphatic heterocycles. The Morgan fingerprint density at radius 2 is 1.94 bits per heavy atom. The number of rotatable bonds is 3. The van der Waals surface area contributed by atoms with E-state index < -0.39 is 0 Å². The second-order valence-corrected chi connectivity index (χ2v) is 4.39. The van der Waals surface area contributed by atoms with Gasteiger partial charge in [-0.3, -0.25) is 4.79 Å². The summed E-state index contributed by atoms with van der Waals surface area (Å²) in [5.74, 6) is 0.399. The van der Waals surface area contributed by atoms with E-state index in [4.69, 9.17) is 5.11 Å². The van der Waals surface area contributed by atoms with Crippen LogP contribution in [0.3, 0.4) is 0 Å². The molecule has 0 amide bonds. The number of phenolic OH excluding ortho intramolecular Hbond substituents is 1. The Balaban J connectivity index is 2.03. The summed E-state index contributed by atoms with van der Waals surface area (Å²) in [5, 5.41) is 19.1. The summed E-state index contributed by atoms with van der Waals surface area (Å²) in [4.78, 5) is 11.6. The van der Waals surface area contributed by atoms with Gasteiger partial charge >= 0.3 is 0 Å². The maximum absolute atomic E-state index is 11.6. The molecule has 2 N–H and O–H groups in total. The lowest BCUT2D eigenvalue weighted by molar-refractivity contribution is -0.115. The number of aryl methyl sites for hydroxylation is 1. The molecule has 0 spiro atoms. The first-order valence-electron chi connectivity index (χ1n) is 6.06. The minimum atomic E-state index is 0.0145. The molecule has 0 radical (unpaired) electrons. The third-order valence-electron chi connectivity index (χ3n) is 3.02. The molecule has 0 heterocycles. The number of phenols is 1. The first-order chi connectivity index (χ1) is 8.66. The Hall–Kier alpha value is -2.03. The molecule has 18 heavy (non-hydrogen) atoms. The van der Waals surface area contributed by atoms with Crippen molar-refractivity contribution in [2.24, 2.45) is 0 Å². The van der Waals surface area contributed by atoms with E-state index in [2.05, 4.69) is 0 Å². The monoisotopic (exact) mass is 244 g/mol. The van der Waals surface area contributed by atoms with Crippen molar-refractivity contribution in [1.29, 1.82) is 0 Å². The topological polar surface area (TPSA) is 57.5 Å². The van der Waals surface area contributed by atoms with Crippen molar-refractivity contribution in [1.82, 2.24) is 0 Å². The molecular formula is C15H16O3. The van der Waals surface area contributed by atoms with E-state index in [0.29, 0.717) is 24.8 Å². The Kier molecular flexibility index (Phi) is 3.82. The summed E-state index contributed by atoms with van der Waals surface area (Å²) in [7, 11) is 0. The van der Waals surface area contributed by atoms with Crippen molar-refractivity contribution in [3.8, 4) is 5.75 Å². The van der Waals surface area contributed by atoms with Gasteiger partial charge in [-0.25, -0.2) is 0 Å². The molecule has 1 aliphatic rings. The molecular weight excluding hydrogens is 228 g/mol. The number of aromatic hydroxyl groups is 1. The van der Waals surface area contributed by atoms with Gasteiger partial charge in [-0.1, -0.05) is 24.3 Å². The van der Waals surface area contributed by atoms with Crippen LogP contribution in [0.2, 0.25) is 0 Å². The highest BCUT2D eigenvalue weighted by molar-refractivity contribution is 5.99. The average Bonchev–Trinajstić information content (AvgIpc) is 2.38. The van der Waals surface area contributed by atoms with Crippen molar-refractivity contribution >= 4 is 5.78 Å². The average molecular weight is 244 g/mol. The first kappa shape index (κ1) is 12.4. The van der Waals surface area contributed by atoms with Gasteiger partial charge in [-0.2, -0.15) is 0 Å². The number of carbonyl (C=O) groups excluding carboxylic acids is 1. The van der Waals surface area contributed by atoms with Crippen LogP contribution in [0.15, 0.2) is 47.7 Å². The van der Waals surface area contributed by atoms with E-state index in [1.165, 1.54) is 0 Å². The molecule has 0 aromatic heterocycles. The summed E-state index contributed by atoms with van der Waals surface area (Å²) >= 11 is 0. The lowest BCUT2D eigenvalue weighted by atomic mass is 9.97. The Morgan fingerprint density at radius 3 is 2.61 bits per heavy atom. The number of allylic oxidation sites excluding steroid dienone is 4. The second-order valence-electron chi connectivity index (χ2n) is 4.39. The van der Waals surface area contributed by atoms with Crippen LogP contribution in [0.5, 0.6) is 5.75 Å². The second kappa shape index (κ2) is 5.54. The van der Waals surface area contributed by atoms with E-state index in [1.54, 1.807) is 18.2 Å². The number of ketones is 1. The van der Waals surface area contributed by atoms with Crippen LogP contribution < -0.4 is 0 Å². The van der Waals surface area contributed by atoms with Crippen LogP contribution in [-0.4, -0.2) is 16.0 Å². The molecule has 1 aromatic rings. The Bertz CT molecular complexity index is 495. The highest BCUT2D eigenvalue weighted by atomic mass is 16.3. The minimum absolute atomic E-state index is 0.0145. The summed E-state index contributed by atoms with van der Waals surface area (Å²) < 4.78 is 0. The zero-order valence-electron chi connectivity index (χ0n) is 10.1. The predicted molar refractivity (Wildman–Crippen MR) is 69.5 cm³/mol. The molecule has 0 fully saturated rings. The van der Waals surface area contributed by atoms with Crippen molar-refractivity contribution in [3.05, 3.63) is 53.3 Å². The highest BCUT2D eigenvalue weighted by Gasteiger charge is 2.14. The molecule has 0 unspecified atom stereocenters. The van der Waals surface area contributed by atoms with Crippen LogP contribution in [0.1, 0.15) is 24.8 Å². The SMILES string of the molecule is O=C1CCC=CC1=C(O)CCc1ccc(O)cc1. The van der Waals surface area contributed by atoms with Gasteiger partial charge in [0.05, 0.1) is 5.57 Å². The molecule has 0 bridgehead atoms. The summed E-state index contributed by atoms with van der Waals surface area (Å²) in [5.41, 5.74) is 1.47. The third-order valence-corrected chi connectivity index (χ3v) is 3.02. The van der Waals surface area contributed by atoms with Gasteiger partial charge in [0.25, 0.3) is 0 Å². The lowest BCUT2D eigenvalue weighted by Crippen LogP contribution is -2.07.